The number of allylic oxidation sites excluding steroid dienone is 1. The molecule has 0 bridgehead atoms. The average Bonchev–Trinajstić information content (AvgIpc) is 2.76. The molecule has 6 N–H and O–H groups in total. The van der Waals surface area contributed by atoms with Gasteiger partial charge in [-0.15, -0.1) is 0 Å². The number of nitrogens with two attached hydrogens (primary N) is 1. The molecular weight excluding hydrogens is 418 g/mol. The van der Waals surface area contributed by atoms with Crippen LogP contribution in [0.5, 0.6) is 0 Å². The van der Waals surface area contributed by atoms with Gasteiger partial charge in [-0.2, -0.15) is 0 Å². The number of pyridine rings is 2. The highest BCUT2D eigenvalue weighted by Gasteiger charge is 2.19. The molecule has 0 unspecified atom stereocenters. The van der Waals surface area contributed by atoms with E-state index in [-0.39, 0.29) is 5.69 Å². The van der Waals surface area contributed by atoms with Crippen LogP contribution >= 0.6 is 0 Å². The minimum atomic E-state index is -0.660. The zero-order chi connectivity index (χ0) is 24.0. The molecule has 0 aliphatic heterocycles. The van der Waals surface area contributed by atoms with Crippen molar-refractivity contribution in [1.29, 1.82) is 5.41 Å². The number of rotatable bonds is 7. The fraction of sp³-hybridized carbons (Fsp3) is 0.250. The molecule has 2 heterocycles. The van der Waals surface area contributed by atoms with E-state index in [1.165, 1.54) is 6.21 Å². The molecule has 3 rings (SSSR count). The molecule has 33 heavy (non-hydrogen) atoms. The van der Waals surface area contributed by atoms with Crippen LogP contribution < -0.4 is 21.7 Å². The Morgan fingerprint density at radius 3 is 2.73 bits per heavy atom. The van der Waals surface area contributed by atoms with Crippen LogP contribution in [-0.4, -0.2) is 34.9 Å². The summed E-state index contributed by atoms with van der Waals surface area (Å²) in [5.74, 6) is 0.383. The zero-order valence-corrected chi connectivity index (χ0v) is 19.2. The van der Waals surface area contributed by atoms with Gasteiger partial charge in [0.2, 0.25) is 0 Å². The summed E-state index contributed by atoms with van der Waals surface area (Å²) >= 11 is 0. The lowest BCUT2D eigenvalue weighted by atomic mass is 10.1. The highest BCUT2D eigenvalue weighted by molar-refractivity contribution is 6.08. The second-order valence-electron chi connectivity index (χ2n) is 8.36. The van der Waals surface area contributed by atoms with Gasteiger partial charge < -0.3 is 26.5 Å². The van der Waals surface area contributed by atoms with Crippen LogP contribution in [0.4, 0.5) is 22.0 Å². The first-order valence-electron chi connectivity index (χ1n) is 10.5. The minimum absolute atomic E-state index is 0.265. The van der Waals surface area contributed by atoms with Gasteiger partial charge in [0.15, 0.2) is 5.82 Å². The van der Waals surface area contributed by atoms with Gasteiger partial charge in [-0.25, -0.2) is 9.78 Å². The number of aromatic nitrogens is 2. The molecule has 0 aliphatic rings. The van der Waals surface area contributed by atoms with Crippen LogP contribution in [-0.2, 0) is 11.3 Å². The molecule has 2 aromatic heterocycles. The second-order valence-corrected chi connectivity index (χ2v) is 8.36. The van der Waals surface area contributed by atoms with Crippen molar-refractivity contribution < 1.29 is 9.53 Å². The summed E-state index contributed by atoms with van der Waals surface area (Å²) in [6, 6.07) is 11.5. The zero-order valence-electron chi connectivity index (χ0n) is 19.2. The van der Waals surface area contributed by atoms with Crippen LogP contribution in [0.2, 0.25) is 0 Å². The maximum atomic E-state index is 12.4. The molecular formula is C24H29N7O2. The van der Waals surface area contributed by atoms with E-state index in [1.54, 1.807) is 46.3 Å². The number of anilines is 3. The number of nitrogen functional groups attached to an aromatic ring is 1. The topological polar surface area (TPSA) is 138 Å². The van der Waals surface area contributed by atoms with Gasteiger partial charge in [-0.05, 0) is 50.6 Å². The predicted octanol–water partition coefficient (Wildman–Crippen LogP) is 4.38. The smallest absolute Gasteiger partial charge is 0.412 e. The van der Waals surface area contributed by atoms with Crippen LogP contribution in [0.25, 0.3) is 16.5 Å². The maximum Gasteiger partial charge on any atom is 0.412 e. The molecule has 9 nitrogen and oxygen atoms in total. The third-order valence-corrected chi connectivity index (χ3v) is 4.57. The Bertz CT molecular complexity index is 1200. The van der Waals surface area contributed by atoms with Crippen molar-refractivity contribution in [2.24, 2.45) is 0 Å². The van der Waals surface area contributed by atoms with Crippen molar-refractivity contribution in [3.63, 3.8) is 0 Å². The predicted molar refractivity (Wildman–Crippen MR) is 133 cm³/mol. The maximum absolute atomic E-state index is 12.4. The van der Waals surface area contributed by atoms with Gasteiger partial charge in [-0.3, -0.25) is 10.3 Å². The van der Waals surface area contributed by atoms with E-state index in [1.807, 2.05) is 30.3 Å². The lowest BCUT2D eigenvalue weighted by Crippen LogP contribution is -2.27. The van der Waals surface area contributed by atoms with Gasteiger partial charge >= 0.3 is 6.09 Å². The summed E-state index contributed by atoms with van der Waals surface area (Å²) in [5.41, 5.74) is 9.19. The van der Waals surface area contributed by atoms with Gasteiger partial charge in [0.05, 0.1) is 22.6 Å². The first-order chi connectivity index (χ1) is 15.7. The molecule has 0 radical (unpaired) electrons. The molecule has 0 atom stereocenters. The third-order valence-electron chi connectivity index (χ3n) is 4.57. The Kier molecular flexibility index (Phi) is 7.12. The van der Waals surface area contributed by atoms with Crippen molar-refractivity contribution in [3.05, 3.63) is 60.1 Å². The molecule has 3 aromatic rings. The number of amides is 1. The number of nitrogens with zero attached hydrogens (tertiary/aromatic N) is 2. The number of hydrogen-bond acceptors (Lipinski definition) is 8. The van der Waals surface area contributed by atoms with E-state index in [0.29, 0.717) is 29.3 Å². The summed E-state index contributed by atoms with van der Waals surface area (Å²) in [6.45, 7) is 5.79. The molecule has 9 heteroatoms. The minimum Gasteiger partial charge on any atom is -0.444 e. The lowest BCUT2D eigenvalue weighted by Gasteiger charge is -2.21. The summed E-state index contributed by atoms with van der Waals surface area (Å²) < 4.78 is 5.36. The summed E-state index contributed by atoms with van der Waals surface area (Å²) in [6.07, 6.45) is 3.94. The van der Waals surface area contributed by atoms with E-state index in [0.717, 1.165) is 16.5 Å². The van der Waals surface area contributed by atoms with E-state index < -0.39 is 11.7 Å². The van der Waals surface area contributed by atoms with Crippen LogP contribution in [0.3, 0.4) is 0 Å². The number of benzene rings is 1. The van der Waals surface area contributed by atoms with Gasteiger partial charge in [0, 0.05) is 43.2 Å². The van der Waals surface area contributed by atoms with Gasteiger partial charge in [0.1, 0.15) is 5.60 Å². The van der Waals surface area contributed by atoms with Crippen molar-refractivity contribution in [2.75, 3.05) is 23.4 Å². The fourth-order valence-electron chi connectivity index (χ4n) is 3.12. The fourth-order valence-corrected chi connectivity index (χ4v) is 3.12. The SMILES string of the molecule is CN/C=C(\C=N)c1cc(NC(=O)OC(C)(C)C)c(N)c(NCc2ccc3ncccc3c2)n1. The highest BCUT2D eigenvalue weighted by atomic mass is 16.6. The standard InChI is InChI=1S/C24H29N7O2/c1-24(2,3)33-23(32)31-20-11-19(17(12-25)14-27-4)30-22(21(20)26)29-13-15-7-8-18-16(10-15)6-5-9-28-18/h5-12,14,25,27H,13,26H2,1-4H3,(H2,29,30,31,32)/b17-14+,25-12?. The molecule has 0 spiro atoms. The Balaban J connectivity index is 1.93. The summed E-state index contributed by atoms with van der Waals surface area (Å²) in [5, 5.41) is 17.6. The van der Waals surface area contributed by atoms with Crippen molar-refractivity contribution in [2.45, 2.75) is 32.9 Å². The first kappa shape index (κ1) is 23.5. The molecule has 1 aromatic carbocycles. The Morgan fingerprint density at radius 1 is 1.24 bits per heavy atom. The van der Waals surface area contributed by atoms with Gasteiger partial charge in [-0.1, -0.05) is 12.1 Å². The molecule has 0 saturated carbocycles. The Hall–Kier alpha value is -4.14. The number of hydrogen-bond donors (Lipinski definition) is 5. The monoisotopic (exact) mass is 447 g/mol. The Labute approximate surface area is 193 Å². The van der Waals surface area contributed by atoms with E-state index in [4.69, 9.17) is 15.9 Å². The lowest BCUT2D eigenvalue weighted by molar-refractivity contribution is 0.0636. The number of carbonyl (C=O) groups excluding carboxylic acids is 1. The van der Waals surface area contributed by atoms with Crippen molar-refractivity contribution in [1.82, 2.24) is 15.3 Å². The van der Waals surface area contributed by atoms with Crippen molar-refractivity contribution in [3.8, 4) is 0 Å². The number of carbonyl (C=O) groups is 1. The summed E-state index contributed by atoms with van der Waals surface area (Å²) in [4.78, 5) is 21.3. The van der Waals surface area contributed by atoms with E-state index in [9.17, 15) is 4.79 Å². The van der Waals surface area contributed by atoms with Crippen LogP contribution in [0.15, 0.2) is 48.8 Å². The second kappa shape index (κ2) is 9.99. The molecule has 0 saturated heterocycles. The number of ether oxygens (including phenoxy) is 1. The molecule has 1 amide bonds. The third kappa shape index (κ3) is 6.19. The molecule has 0 aliphatic carbocycles. The van der Waals surface area contributed by atoms with Crippen molar-refractivity contribution >= 4 is 46.0 Å². The van der Waals surface area contributed by atoms with E-state index >= 15 is 0 Å². The molecule has 172 valence electrons. The highest BCUT2D eigenvalue weighted by Crippen LogP contribution is 2.30. The van der Waals surface area contributed by atoms with Gasteiger partial charge in [0.25, 0.3) is 0 Å². The van der Waals surface area contributed by atoms with Crippen LogP contribution in [0, 0.1) is 5.41 Å². The summed E-state index contributed by atoms with van der Waals surface area (Å²) in [7, 11) is 1.73. The first-order valence-corrected chi connectivity index (χ1v) is 10.5. The van der Waals surface area contributed by atoms with E-state index in [2.05, 4.69) is 25.9 Å². The Morgan fingerprint density at radius 2 is 2.03 bits per heavy atom. The quantitative estimate of drug-likeness (QED) is 0.339. The average molecular weight is 448 g/mol. The largest absolute Gasteiger partial charge is 0.444 e. The number of nitrogens with one attached hydrogen (secondary N) is 4. The van der Waals surface area contributed by atoms with Crippen LogP contribution in [0.1, 0.15) is 32.0 Å². The number of fused-ring (bicyclic) bond motifs is 1. The normalized spacial score (nSPS) is 11.7. The molecule has 0 fully saturated rings.